The van der Waals surface area contributed by atoms with E-state index in [1.165, 1.54) is 48.3 Å². The lowest BCUT2D eigenvalue weighted by Gasteiger charge is -2.19. The van der Waals surface area contributed by atoms with Crippen molar-refractivity contribution in [2.45, 2.75) is 58.7 Å². The standard InChI is InChI=1S/C20H30N4.ClH/c1-20(2,3)19-18(14-22-23-19)13-21-12-16-8-4-5-9-17(16)15-24-10-6-7-11-24;/h4-5,8-9,14,21H,6-7,10-13,15H2,1-3H3,(H,22,23);1H. The third kappa shape index (κ3) is 5.30. The molecule has 0 atom stereocenters. The summed E-state index contributed by atoms with van der Waals surface area (Å²) in [4.78, 5) is 2.56. The zero-order chi connectivity index (χ0) is 17.0. The van der Waals surface area contributed by atoms with Gasteiger partial charge in [-0.2, -0.15) is 5.10 Å². The monoisotopic (exact) mass is 362 g/mol. The molecule has 4 nitrogen and oxygen atoms in total. The van der Waals surface area contributed by atoms with Gasteiger partial charge >= 0.3 is 0 Å². The van der Waals surface area contributed by atoms with Crippen molar-refractivity contribution in [3.63, 3.8) is 0 Å². The molecular formula is C20H31ClN4. The predicted molar refractivity (Wildman–Crippen MR) is 106 cm³/mol. The summed E-state index contributed by atoms with van der Waals surface area (Å²) >= 11 is 0. The first-order valence-electron chi connectivity index (χ1n) is 9.06. The molecule has 0 aliphatic carbocycles. The molecule has 2 N–H and O–H groups in total. The lowest BCUT2D eigenvalue weighted by Crippen LogP contribution is -2.22. The fourth-order valence-electron chi connectivity index (χ4n) is 3.49. The van der Waals surface area contributed by atoms with E-state index in [-0.39, 0.29) is 17.8 Å². The number of rotatable bonds is 6. The van der Waals surface area contributed by atoms with Gasteiger partial charge in [-0.3, -0.25) is 10.00 Å². The van der Waals surface area contributed by atoms with Gasteiger partial charge in [0.25, 0.3) is 0 Å². The molecule has 0 spiro atoms. The Morgan fingerprint density at radius 1 is 1.04 bits per heavy atom. The quantitative estimate of drug-likeness (QED) is 0.815. The molecule has 1 aliphatic heterocycles. The zero-order valence-corrected chi connectivity index (χ0v) is 16.5. The van der Waals surface area contributed by atoms with E-state index in [2.05, 4.69) is 65.5 Å². The van der Waals surface area contributed by atoms with Crippen molar-refractivity contribution in [3.05, 3.63) is 52.8 Å². The minimum absolute atomic E-state index is 0. The lowest BCUT2D eigenvalue weighted by molar-refractivity contribution is 0.330. The molecule has 0 bridgehead atoms. The molecule has 1 aliphatic rings. The third-order valence-electron chi connectivity index (χ3n) is 4.81. The third-order valence-corrected chi connectivity index (χ3v) is 4.81. The number of nitrogens with zero attached hydrogens (tertiary/aromatic N) is 2. The molecule has 2 heterocycles. The van der Waals surface area contributed by atoms with Gasteiger partial charge in [-0.05, 0) is 37.1 Å². The molecule has 1 aromatic heterocycles. The van der Waals surface area contributed by atoms with Gasteiger partial charge in [0.15, 0.2) is 0 Å². The summed E-state index contributed by atoms with van der Waals surface area (Å²) in [6.45, 7) is 12.0. The molecule has 1 fully saturated rings. The second-order valence-corrected chi connectivity index (χ2v) is 7.88. The van der Waals surface area contributed by atoms with Gasteiger partial charge in [-0.25, -0.2) is 0 Å². The fraction of sp³-hybridized carbons (Fsp3) is 0.550. The van der Waals surface area contributed by atoms with Gasteiger partial charge < -0.3 is 5.32 Å². The minimum atomic E-state index is 0. The highest BCUT2D eigenvalue weighted by molar-refractivity contribution is 5.85. The average Bonchev–Trinajstić information content (AvgIpc) is 3.20. The van der Waals surface area contributed by atoms with Crippen molar-refractivity contribution in [1.29, 1.82) is 0 Å². The van der Waals surface area contributed by atoms with Crippen molar-refractivity contribution in [3.8, 4) is 0 Å². The van der Waals surface area contributed by atoms with Gasteiger partial charge in [0.2, 0.25) is 0 Å². The van der Waals surface area contributed by atoms with E-state index in [0.29, 0.717) is 0 Å². The van der Waals surface area contributed by atoms with Gasteiger partial charge in [-0.1, -0.05) is 45.0 Å². The number of aromatic amines is 1. The van der Waals surface area contributed by atoms with Crippen LogP contribution in [-0.2, 0) is 25.0 Å². The van der Waals surface area contributed by atoms with Crippen LogP contribution >= 0.6 is 12.4 Å². The summed E-state index contributed by atoms with van der Waals surface area (Å²) in [5, 5.41) is 11.0. The number of aromatic nitrogens is 2. The highest BCUT2D eigenvalue weighted by Crippen LogP contribution is 2.23. The molecule has 0 saturated carbocycles. The second kappa shape index (κ2) is 8.84. The van der Waals surface area contributed by atoms with Crippen LogP contribution in [0.5, 0.6) is 0 Å². The Bertz CT molecular complexity index is 654. The van der Waals surface area contributed by atoms with Crippen LogP contribution in [-0.4, -0.2) is 28.2 Å². The van der Waals surface area contributed by atoms with Crippen LogP contribution < -0.4 is 5.32 Å². The Morgan fingerprint density at radius 3 is 2.36 bits per heavy atom. The van der Waals surface area contributed by atoms with Crippen LogP contribution in [0.2, 0.25) is 0 Å². The number of likely N-dealkylation sites (tertiary alicyclic amines) is 1. The summed E-state index contributed by atoms with van der Waals surface area (Å²) in [6, 6.07) is 8.82. The summed E-state index contributed by atoms with van der Waals surface area (Å²) in [5.41, 5.74) is 5.45. The van der Waals surface area contributed by atoms with Crippen LogP contribution in [0, 0.1) is 0 Å². The van der Waals surface area contributed by atoms with E-state index < -0.39 is 0 Å². The second-order valence-electron chi connectivity index (χ2n) is 7.88. The normalized spacial score (nSPS) is 15.3. The molecule has 1 saturated heterocycles. The first-order valence-corrected chi connectivity index (χ1v) is 9.06. The molecule has 2 aromatic rings. The number of hydrogen-bond donors (Lipinski definition) is 2. The minimum Gasteiger partial charge on any atom is -0.308 e. The van der Waals surface area contributed by atoms with Gasteiger partial charge in [-0.15, -0.1) is 12.4 Å². The Kier molecular flexibility index (Phi) is 7.05. The van der Waals surface area contributed by atoms with Crippen LogP contribution in [0.4, 0.5) is 0 Å². The number of benzene rings is 1. The van der Waals surface area contributed by atoms with E-state index >= 15 is 0 Å². The summed E-state index contributed by atoms with van der Waals surface area (Å²) in [7, 11) is 0. The first kappa shape index (κ1) is 20.0. The Morgan fingerprint density at radius 2 is 1.68 bits per heavy atom. The Labute approximate surface area is 157 Å². The van der Waals surface area contributed by atoms with Crippen molar-refractivity contribution in [2.24, 2.45) is 0 Å². The zero-order valence-electron chi connectivity index (χ0n) is 15.6. The van der Waals surface area contributed by atoms with E-state index in [1.807, 2.05) is 6.20 Å². The van der Waals surface area contributed by atoms with Crippen molar-refractivity contribution < 1.29 is 0 Å². The highest BCUT2D eigenvalue weighted by Gasteiger charge is 2.19. The molecule has 5 heteroatoms. The van der Waals surface area contributed by atoms with Crippen LogP contribution in [0.15, 0.2) is 30.5 Å². The largest absolute Gasteiger partial charge is 0.308 e. The Balaban J connectivity index is 0.00000225. The van der Waals surface area contributed by atoms with E-state index in [9.17, 15) is 0 Å². The number of hydrogen-bond acceptors (Lipinski definition) is 3. The smallest absolute Gasteiger partial charge is 0.0535 e. The molecule has 1 aromatic carbocycles. The summed E-state index contributed by atoms with van der Waals surface area (Å²) < 4.78 is 0. The molecular weight excluding hydrogens is 332 g/mol. The van der Waals surface area contributed by atoms with E-state index in [0.717, 1.165) is 19.6 Å². The maximum Gasteiger partial charge on any atom is 0.0535 e. The van der Waals surface area contributed by atoms with Crippen LogP contribution in [0.1, 0.15) is 56.0 Å². The molecule has 0 radical (unpaired) electrons. The predicted octanol–water partition coefficient (Wildman–Crippen LogP) is 4.01. The number of nitrogens with one attached hydrogen (secondary N) is 2. The van der Waals surface area contributed by atoms with Gasteiger partial charge in [0, 0.05) is 36.3 Å². The molecule has 0 amide bonds. The van der Waals surface area contributed by atoms with E-state index in [4.69, 9.17) is 0 Å². The molecule has 0 unspecified atom stereocenters. The number of H-pyrrole nitrogens is 1. The van der Waals surface area contributed by atoms with Crippen molar-refractivity contribution in [2.75, 3.05) is 13.1 Å². The van der Waals surface area contributed by atoms with Crippen molar-refractivity contribution in [1.82, 2.24) is 20.4 Å². The average molecular weight is 363 g/mol. The van der Waals surface area contributed by atoms with E-state index in [1.54, 1.807) is 0 Å². The maximum absolute atomic E-state index is 4.23. The molecule has 138 valence electrons. The van der Waals surface area contributed by atoms with Crippen LogP contribution in [0.25, 0.3) is 0 Å². The maximum atomic E-state index is 4.23. The lowest BCUT2D eigenvalue weighted by atomic mass is 9.89. The SMILES string of the molecule is CC(C)(C)c1[nH]ncc1CNCc1ccccc1CN1CCCC1.Cl. The fourth-order valence-corrected chi connectivity index (χ4v) is 3.49. The first-order chi connectivity index (χ1) is 11.5. The van der Waals surface area contributed by atoms with Gasteiger partial charge in [0.05, 0.1) is 6.20 Å². The van der Waals surface area contributed by atoms with Crippen LogP contribution in [0.3, 0.4) is 0 Å². The summed E-state index contributed by atoms with van der Waals surface area (Å²) in [6.07, 6.45) is 4.64. The van der Waals surface area contributed by atoms with Crippen molar-refractivity contribution >= 4 is 12.4 Å². The molecule has 3 rings (SSSR count). The topological polar surface area (TPSA) is 44.0 Å². The summed E-state index contributed by atoms with van der Waals surface area (Å²) in [5.74, 6) is 0. The molecule has 25 heavy (non-hydrogen) atoms. The highest BCUT2D eigenvalue weighted by atomic mass is 35.5. The Hall–Kier alpha value is -1.36. The van der Waals surface area contributed by atoms with Gasteiger partial charge in [0.1, 0.15) is 0 Å². The number of halogens is 1.